The molecular weight excluding hydrogens is 456 g/mol. The summed E-state index contributed by atoms with van der Waals surface area (Å²) in [5.74, 6) is 1.18. The lowest BCUT2D eigenvalue weighted by molar-refractivity contribution is 0.106. The Morgan fingerprint density at radius 1 is 1.22 bits per heavy atom. The molecule has 6 heteroatoms. The number of guanidine groups is 1. The molecule has 1 N–H and O–H groups in total. The fraction of sp³-hybridized carbons (Fsp3) is 0.381. The third-order valence-electron chi connectivity index (χ3n) is 4.94. The lowest BCUT2D eigenvalue weighted by atomic mass is 9.99. The molecule has 1 aliphatic rings. The van der Waals surface area contributed by atoms with Gasteiger partial charge in [-0.25, -0.2) is 4.39 Å². The van der Waals surface area contributed by atoms with Crippen LogP contribution in [-0.2, 0) is 4.74 Å². The van der Waals surface area contributed by atoms with E-state index < -0.39 is 0 Å². The van der Waals surface area contributed by atoms with Crippen molar-refractivity contribution >= 4 is 29.9 Å². The second-order valence-electron chi connectivity index (χ2n) is 6.55. The molecule has 0 aromatic heterocycles. The van der Waals surface area contributed by atoms with Crippen LogP contribution in [0.3, 0.4) is 0 Å². The van der Waals surface area contributed by atoms with E-state index in [2.05, 4.69) is 45.5 Å². The summed E-state index contributed by atoms with van der Waals surface area (Å²) >= 11 is 0. The van der Waals surface area contributed by atoms with Gasteiger partial charge in [-0.05, 0) is 29.7 Å². The molecule has 2 unspecified atom stereocenters. The van der Waals surface area contributed by atoms with Crippen molar-refractivity contribution in [2.24, 2.45) is 4.99 Å². The number of nitrogens with one attached hydrogen (secondary N) is 1. The van der Waals surface area contributed by atoms with Gasteiger partial charge in [-0.1, -0.05) is 42.5 Å². The molecule has 1 heterocycles. The van der Waals surface area contributed by atoms with Gasteiger partial charge in [0.15, 0.2) is 5.96 Å². The summed E-state index contributed by atoms with van der Waals surface area (Å²) in [4.78, 5) is 6.71. The summed E-state index contributed by atoms with van der Waals surface area (Å²) in [6, 6.07) is 17.1. The molecule has 0 saturated carbocycles. The largest absolute Gasteiger partial charge is 0.375 e. The number of methoxy groups -OCH3 is 1. The molecule has 2 atom stereocenters. The van der Waals surface area contributed by atoms with Crippen LogP contribution in [0.25, 0.3) is 0 Å². The molecule has 0 spiro atoms. The monoisotopic (exact) mass is 483 g/mol. The Morgan fingerprint density at radius 2 is 1.93 bits per heavy atom. The van der Waals surface area contributed by atoms with E-state index in [4.69, 9.17) is 4.74 Å². The summed E-state index contributed by atoms with van der Waals surface area (Å²) in [7, 11) is 3.47. The normalized spacial score (nSPS) is 18.1. The third kappa shape index (κ3) is 5.65. The van der Waals surface area contributed by atoms with Gasteiger partial charge in [0.05, 0.1) is 6.10 Å². The molecule has 2 aromatic rings. The first-order chi connectivity index (χ1) is 12.7. The number of aliphatic imine (C=N–C) groups is 1. The van der Waals surface area contributed by atoms with Gasteiger partial charge in [-0.2, -0.15) is 0 Å². The minimum Gasteiger partial charge on any atom is -0.375 e. The lowest BCUT2D eigenvalue weighted by Crippen LogP contribution is -2.41. The summed E-state index contributed by atoms with van der Waals surface area (Å²) in [5, 5.41) is 3.40. The lowest BCUT2D eigenvalue weighted by Gasteiger charge is -2.24. The number of nitrogens with zero attached hydrogens (tertiary/aromatic N) is 2. The first-order valence-electron chi connectivity index (χ1n) is 9.00. The highest BCUT2D eigenvalue weighted by Gasteiger charge is 2.26. The number of benzene rings is 2. The van der Waals surface area contributed by atoms with Crippen LogP contribution in [0.15, 0.2) is 59.6 Å². The molecule has 0 aliphatic carbocycles. The van der Waals surface area contributed by atoms with Crippen LogP contribution in [0.1, 0.15) is 29.6 Å². The Bertz CT molecular complexity index is 724. The molecule has 0 amide bonds. The number of hydrogen-bond donors (Lipinski definition) is 1. The summed E-state index contributed by atoms with van der Waals surface area (Å²) in [5.41, 5.74) is 2.33. The van der Waals surface area contributed by atoms with Crippen molar-refractivity contribution in [2.75, 3.05) is 33.8 Å². The third-order valence-corrected chi connectivity index (χ3v) is 4.94. The van der Waals surface area contributed by atoms with Gasteiger partial charge in [0, 0.05) is 39.7 Å². The molecule has 1 aliphatic heterocycles. The van der Waals surface area contributed by atoms with E-state index in [0.717, 1.165) is 31.0 Å². The number of likely N-dealkylation sites (tertiary alicyclic amines) is 1. The average molecular weight is 483 g/mol. The van der Waals surface area contributed by atoms with E-state index in [1.165, 1.54) is 17.7 Å². The van der Waals surface area contributed by atoms with Gasteiger partial charge >= 0.3 is 0 Å². The molecule has 146 valence electrons. The van der Waals surface area contributed by atoms with Crippen LogP contribution in [0.5, 0.6) is 0 Å². The van der Waals surface area contributed by atoms with E-state index in [1.807, 2.05) is 0 Å². The van der Waals surface area contributed by atoms with Crippen LogP contribution < -0.4 is 5.32 Å². The molecule has 27 heavy (non-hydrogen) atoms. The molecule has 2 aromatic carbocycles. The topological polar surface area (TPSA) is 36.9 Å². The van der Waals surface area contributed by atoms with Gasteiger partial charge in [-0.3, -0.25) is 4.99 Å². The van der Waals surface area contributed by atoms with Crippen LogP contribution >= 0.6 is 24.0 Å². The van der Waals surface area contributed by atoms with E-state index in [0.29, 0.717) is 12.5 Å². The van der Waals surface area contributed by atoms with E-state index >= 15 is 0 Å². The maximum absolute atomic E-state index is 13.1. The molecule has 1 fully saturated rings. The summed E-state index contributed by atoms with van der Waals surface area (Å²) < 4.78 is 18.7. The maximum atomic E-state index is 13.1. The number of hydrogen-bond acceptors (Lipinski definition) is 2. The Labute approximate surface area is 177 Å². The highest BCUT2D eigenvalue weighted by Crippen LogP contribution is 2.27. The SMILES string of the molecule is CN=C(NCC(OC)c1ccc(F)cc1)N1CCC(c2ccccc2)C1.I. The second kappa shape index (κ2) is 10.6. The van der Waals surface area contributed by atoms with Crippen LogP contribution in [0, 0.1) is 5.82 Å². The molecule has 0 radical (unpaired) electrons. The highest BCUT2D eigenvalue weighted by molar-refractivity contribution is 14.0. The Balaban J connectivity index is 0.00000261. The van der Waals surface area contributed by atoms with Crippen LogP contribution in [-0.4, -0.2) is 44.7 Å². The fourth-order valence-electron chi connectivity index (χ4n) is 3.48. The predicted molar refractivity (Wildman–Crippen MR) is 118 cm³/mol. The summed E-state index contributed by atoms with van der Waals surface area (Å²) in [6.07, 6.45) is 0.969. The Kier molecular flexibility index (Phi) is 8.50. The maximum Gasteiger partial charge on any atom is 0.193 e. The Morgan fingerprint density at radius 3 is 2.56 bits per heavy atom. The zero-order chi connectivity index (χ0) is 18.4. The van der Waals surface area contributed by atoms with Crippen molar-refractivity contribution in [3.05, 3.63) is 71.5 Å². The standard InChI is InChI=1S/C21H26FN3O.HI/c1-23-21(24-14-20(26-2)17-8-10-19(22)11-9-17)25-13-12-18(15-25)16-6-4-3-5-7-16;/h3-11,18,20H,12-15H2,1-2H3,(H,23,24);1H. The zero-order valence-electron chi connectivity index (χ0n) is 15.8. The van der Waals surface area contributed by atoms with Gasteiger partial charge in [0.25, 0.3) is 0 Å². The molecule has 0 bridgehead atoms. The highest BCUT2D eigenvalue weighted by atomic mass is 127. The number of rotatable bonds is 5. The van der Waals surface area contributed by atoms with E-state index in [9.17, 15) is 4.39 Å². The first kappa shape index (κ1) is 21.6. The average Bonchev–Trinajstić information content (AvgIpc) is 3.17. The fourth-order valence-corrected chi connectivity index (χ4v) is 3.48. The zero-order valence-corrected chi connectivity index (χ0v) is 18.1. The van der Waals surface area contributed by atoms with Crippen molar-refractivity contribution < 1.29 is 9.13 Å². The Hall–Kier alpha value is -1.67. The summed E-state index contributed by atoms with van der Waals surface area (Å²) in [6.45, 7) is 2.52. The molecular formula is C21H27FIN3O. The smallest absolute Gasteiger partial charge is 0.193 e. The van der Waals surface area contributed by atoms with E-state index in [1.54, 1.807) is 26.3 Å². The molecule has 4 nitrogen and oxygen atoms in total. The van der Waals surface area contributed by atoms with Crippen molar-refractivity contribution in [1.29, 1.82) is 0 Å². The molecule has 1 saturated heterocycles. The number of ether oxygens (including phenoxy) is 1. The van der Waals surface area contributed by atoms with Crippen molar-refractivity contribution in [2.45, 2.75) is 18.4 Å². The van der Waals surface area contributed by atoms with E-state index in [-0.39, 0.29) is 35.9 Å². The van der Waals surface area contributed by atoms with Gasteiger partial charge in [0.2, 0.25) is 0 Å². The van der Waals surface area contributed by atoms with Crippen LogP contribution in [0.2, 0.25) is 0 Å². The van der Waals surface area contributed by atoms with Gasteiger partial charge in [0.1, 0.15) is 5.82 Å². The molecule has 3 rings (SSSR count). The number of halogens is 2. The van der Waals surface area contributed by atoms with Crippen LogP contribution in [0.4, 0.5) is 4.39 Å². The van der Waals surface area contributed by atoms with Crippen molar-refractivity contribution in [3.8, 4) is 0 Å². The minimum atomic E-state index is -0.239. The predicted octanol–water partition coefficient (Wildman–Crippen LogP) is 4.20. The van der Waals surface area contributed by atoms with Crippen molar-refractivity contribution in [3.63, 3.8) is 0 Å². The minimum absolute atomic E-state index is 0. The van der Waals surface area contributed by atoms with Crippen molar-refractivity contribution in [1.82, 2.24) is 10.2 Å². The first-order valence-corrected chi connectivity index (χ1v) is 9.00. The van der Waals surface area contributed by atoms with Gasteiger partial charge in [-0.15, -0.1) is 24.0 Å². The van der Waals surface area contributed by atoms with Gasteiger partial charge < -0.3 is 15.0 Å². The second-order valence-corrected chi connectivity index (χ2v) is 6.55. The quantitative estimate of drug-likeness (QED) is 0.394.